The molecule has 0 aliphatic carbocycles. The molecule has 1 amide bonds. The second-order valence-corrected chi connectivity index (χ2v) is 2.39. The second-order valence-electron chi connectivity index (χ2n) is 2.39. The minimum absolute atomic E-state index is 0.00329. The lowest BCUT2D eigenvalue weighted by molar-refractivity contribution is -0.122. The first-order chi connectivity index (χ1) is 4.84. The number of hydrogen-bond donors (Lipinski definition) is 3. The van der Waals surface area contributed by atoms with Crippen LogP contribution in [0.3, 0.4) is 0 Å². The highest BCUT2D eigenvalue weighted by atomic mass is 16.2. The van der Waals surface area contributed by atoms with Gasteiger partial charge in [0.1, 0.15) is 0 Å². The van der Waals surface area contributed by atoms with E-state index >= 15 is 0 Å². The Morgan fingerprint density at radius 3 is 3.10 bits per heavy atom. The average molecular weight is 143 g/mol. The van der Waals surface area contributed by atoms with Gasteiger partial charge in [0.2, 0.25) is 5.91 Å². The number of carbonyl (C=O) groups is 1. The molecule has 4 N–H and O–H groups in total. The van der Waals surface area contributed by atoms with E-state index in [1.165, 1.54) is 0 Å². The Labute approximate surface area is 60.2 Å². The fourth-order valence-corrected chi connectivity index (χ4v) is 1.13. The van der Waals surface area contributed by atoms with Crippen LogP contribution in [0.5, 0.6) is 0 Å². The summed E-state index contributed by atoms with van der Waals surface area (Å²) < 4.78 is 0. The second kappa shape index (κ2) is 3.53. The predicted octanol–water partition coefficient (Wildman–Crippen LogP) is -1.23. The van der Waals surface area contributed by atoms with Gasteiger partial charge in [-0.25, -0.2) is 0 Å². The molecule has 0 aromatic heterocycles. The first-order valence-corrected chi connectivity index (χ1v) is 3.56. The van der Waals surface area contributed by atoms with E-state index in [0.717, 1.165) is 19.4 Å². The Bertz CT molecular complexity index is 120. The van der Waals surface area contributed by atoms with Crippen molar-refractivity contribution in [3.05, 3.63) is 0 Å². The van der Waals surface area contributed by atoms with Crippen LogP contribution in [0.15, 0.2) is 0 Å². The molecular weight excluding hydrogens is 130 g/mol. The van der Waals surface area contributed by atoms with Crippen LogP contribution < -0.4 is 16.4 Å². The van der Waals surface area contributed by atoms with Gasteiger partial charge in [0.25, 0.3) is 0 Å². The molecule has 10 heavy (non-hydrogen) atoms. The Balaban J connectivity index is 2.25. The third-order valence-corrected chi connectivity index (χ3v) is 1.65. The van der Waals surface area contributed by atoms with Gasteiger partial charge in [-0.05, 0) is 19.4 Å². The number of nitrogens with one attached hydrogen (secondary N) is 2. The summed E-state index contributed by atoms with van der Waals surface area (Å²) >= 11 is 0. The molecular formula is C6H13N3O. The number of hydrogen-bond acceptors (Lipinski definition) is 3. The molecule has 0 radical (unpaired) electrons. The van der Waals surface area contributed by atoms with Gasteiger partial charge in [0.15, 0.2) is 0 Å². The molecule has 0 aromatic rings. The van der Waals surface area contributed by atoms with Crippen molar-refractivity contribution in [2.75, 3.05) is 13.2 Å². The summed E-state index contributed by atoms with van der Waals surface area (Å²) in [5, 5.41) is 5.64. The van der Waals surface area contributed by atoms with Gasteiger partial charge in [0, 0.05) is 0 Å². The van der Waals surface area contributed by atoms with Crippen molar-refractivity contribution >= 4 is 5.91 Å². The Hall–Kier alpha value is -0.610. The largest absolute Gasteiger partial charge is 0.342 e. The Kier molecular flexibility index (Phi) is 2.65. The number of rotatable bonds is 2. The standard InChI is InChI=1S/C6H13N3O/c7-4-9-6(10)5-2-1-3-8-5/h5,8H,1-4,7H2,(H,9,10). The van der Waals surface area contributed by atoms with Crippen molar-refractivity contribution in [2.24, 2.45) is 5.73 Å². The predicted molar refractivity (Wildman–Crippen MR) is 38.2 cm³/mol. The Morgan fingerprint density at radius 1 is 1.80 bits per heavy atom. The van der Waals surface area contributed by atoms with Crippen molar-refractivity contribution in [3.8, 4) is 0 Å². The third-order valence-electron chi connectivity index (χ3n) is 1.65. The minimum atomic E-state index is 0.00329. The average Bonchev–Trinajstić information content (AvgIpc) is 2.38. The smallest absolute Gasteiger partial charge is 0.238 e. The van der Waals surface area contributed by atoms with E-state index in [-0.39, 0.29) is 18.6 Å². The van der Waals surface area contributed by atoms with Crippen LogP contribution in [-0.4, -0.2) is 25.2 Å². The maximum Gasteiger partial charge on any atom is 0.238 e. The minimum Gasteiger partial charge on any atom is -0.342 e. The molecule has 1 aliphatic heterocycles. The molecule has 0 aromatic carbocycles. The lowest BCUT2D eigenvalue weighted by atomic mass is 10.2. The molecule has 0 bridgehead atoms. The van der Waals surface area contributed by atoms with E-state index in [1.807, 2.05) is 0 Å². The first-order valence-electron chi connectivity index (χ1n) is 3.56. The van der Waals surface area contributed by atoms with Crippen LogP contribution in [0.4, 0.5) is 0 Å². The van der Waals surface area contributed by atoms with E-state index in [1.54, 1.807) is 0 Å². The fourth-order valence-electron chi connectivity index (χ4n) is 1.13. The lowest BCUT2D eigenvalue weighted by Gasteiger charge is -2.08. The van der Waals surface area contributed by atoms with Crippen molar-refractivity contribution in [1.82, 2.24) is 10.6 Å². The summed E-state index contributed by atoms with van der Waals surface area (Å²) in [5.74, 6) is 0.0278. The topological polar surface area (TPSA) is 67.1 Å². The number of amides is 1. The highest BCUT2D eigenvalue weighted by molar-refractivity contribution is 5.81. The zero-order chi connectivity index (χ0) is 7.40. The molecule has 1 aliphatic rings. The SMILES string of the molecule is NCNC(=O)C1CCCN1. The van der Waals surface area contributed by atoms with E-state index in [9.17, 15) is 4.79 Å². The van der Waals surface area contributed by atoms with Gasteiger partial charge in [0.05, 0.1) is 12.7 Å². The fraction of sp³-hybridized carbons (Fsp3) is 0.833. The quantitative estimate of drug-likeness (QED) is 0.424. The van der Waals surface area contributed by atoms with Crippen molar-refractivity contribution in [2.45, 2.75) is 18.9 Å². The van der Waals surface area contributed by atoms with Gasteiger partial charge < -0.3 is 16.4 Å². The summed E-state index contributed by atoms with van der Waals surface area (Å²) in [7, 11) is 0. The van der Waals surface area contributed by atoms with Crippen LogP contribution in [-0.2, 0) is 4.79 Å². The number of carbonyl (C=O) groups excluding carboxylic acids is 1. The molecule has 4 heteroatoms. The summed E-state index contributed by atoms with van der Waals surface area (Å²) in [4.78, 5) is 11.0. The van der Waals surface area contributed by atoms with Gasteiger partial charge in [-0.2, -0.15) is 0 Å². The zero-order valence-electron chi connectivity index (χ0n) is 5.89. The van der Waals surface area contributed by atoms with E-state index < -0.39 is 0 Å². The van der Waals surface area contributed by atoms with E-state index in [4.69, 9.17) is 5.73 Å². The normalized spacial score (nSPS) is 24.7. The van der Waals surface area contributed by atoms with Crippen LogP contribution >= 0.6 is 0 Å². The molecule has 1 rings (SSSR count). The zero-order valence-corrected chi connectivity index (χ0v) is 5.89. The summed E-state index contributed by atoms with van der Waals surface area (Å²) in [6.07, 6.45) is 2.02. The van der Waals surface area contributed by atoms with Crippen LogP contribution in [0.1, 0.15) is 12.8 Å². The molecule has 1 heterocycles. The summed E-state index contributed by atoms with van der Waals surface area (Å²) in [6, 6.07) is 0.00329. The molecule has 0 saturated carbocycles. The maximum absolute atomic E-state index is 11.0. The van der Waals surface area contributed by atoms with E-state index in [0.29, 0.717) is 0 Å². The molecule has 1 atom stereocenters. The number of nitrogens with two attached hydrogens (primary N) is 1. The Morgan fingerprint density at radius 2 is 2.60 bits per heavy atom. The van der Waals surface area contributed by atoms with Crippen molar-refractivity contribution in [1.29, 1.82) is 0 Å². The van der Waals surface area contributed by atoms with Crippen molar-refractivity contribution < 1.29 is 4.79 Å². The summed E-state index contributed by atoms with van der Waals surface area (Å²) in [6.45, 7) is 1.18. The molecule has 58 valence electrons. The van der Waals surface area contributed by atoms with Gasteiger partial charge in [-0.1, -0.05) is 0 Å². The highest BCUT2D eigenvalue weighted by Crippen LogP contribution is 2.03. The van der Waals surface area contributed by atoms with Crippen LogP contribution in [0.2, 0.25) is 0 Å². The monoisotopic (exact) mass is 143 g/mol. The van der Waals surface area contributed by atoms with Crippen LogP contribution in [0, 0.1) is 0 Å². The third kappa shape index (κ3) is 1.68. The van der Waals surface area contributed by atoms with Gasteiger partial charge >= 0.3 is 0 Å². The lowest BCUT2D eigenvalue weighted by Crippen LogP contribution is -2.42. The molecule has 1 unspecified atom stereocenters. The highest BCUT2D eigenvalue weighted by Gasteiger charge is 2.20. The molecule has 0 spiro atoms. The van der Waals surface area contributed by atoms with Crippen LogP contribution in [0.25, 0.3) is 0 Å². The molecule has 4 nitrogen and oxygen atoms in total. The van der Waals surface area contributed by atoms with Gasteiger partial charge in [-0.3, -0.25) is 4.79 Å². The maximum atomic E-state index is 11.0. The molecule has 1 saturated heterocycles. The molecule has 1 fully saturated rings. The van der Waals surface area contributed by atoms with Crippen molar-refractivity contribution in [3.63, 3.8) is 0 Å². The first kappa shape index (κ1) is 7.50. The summed E-state index contributed by atoms with van der Waals surface area (Å²) in [5.41, 5.74) is 5.14. The van der Waals surface area contributed by atoms with E-state index in [2.05, 4.69) is 10.6 Å². The van der Waals surface area contributed by atoms with Gasteiger partial charge in [-0.15, -0.1) is 0 Å².